The third kappa shape index (κ3) is 4.37. The zero-order valence-electron chi connectivity index (χ0n) is 29.5. The molecule has 0 N–H and O–H groups in total. The summed E-state index contributed by atoms with van der Waals surface area (Å²) < 4.78 is 13.4. The van der Waals surface area contributed by atoms with Crippen LogP contribution in [0.2, 0.25) is 0 Å². The molecule has 11 rings (SSSR count). The lowest BCUT2D eigenvalue weighted by Gasteiger charge is -2.42. The maximum absolute atomic E-state index is 6.82. The SMILES string of the molecule is CN1c2ccccc2N(c2ccc(-c3nc4ccccc4o3)c(N3c4ccccc4N(C)c4ccccc43)c2-c2nc3ccccc3o2)c2ccccc21. The molecule has 0 aliphatic carbocycles. The first kappa shape index (κ1) is 30.3. The van der Waals surface area contributed by atoms with Crippen LogP contribution in [0.1, 0.15) is 0 Å². The number of hydrogen-bond donors (Lipinski definition) is 0. The van der Waals surface area contributed by atoms with Gasteiger partial charge in [0.15, 0.2) is 11.2 Å². The van der Waals surface area contributed by atoms with Crippen LogP contribution < -0.4 is 19.6 Å². The van der Waals surface area contributed by atoms with Gasteiger partial charge in [-0.1, -0.05) is 72.8 Å². The molecule has 2 aliphatic heterocycles. The fraction of sp³-hybridized carbons (Fsp3) is 0.0435. The normalized spacial score (nSPS) is 13.2. The molecular weight excluding hydrogens is 669 g/mol. The topological polar surface area (TPSA) is 65.0 Å². The number of aromatic nitrogens is 2. The van der Waals surface area contributed by atoms with E-state index in [9.17, 15) is 0 Å². The van der Waals surface area contributed by atoms with Crippen LogP contribution in [0.3, 0.4) is 0 Å². The maximum atomic E-state index is 6.82. The van der Waals surface area contributed by atoms with Crippen LogP contribution in [-0.4, -0.2) is 24.1 Å². The molecule has 8 heteroatoms. The van der Waals surface area contributed by atoms with Crippen LogP contribution in [0.15, 0.2) is 167 Å². The smallest absolute Gasteiger partial charge is 0.231 e. The number of benzene rings is 7. The molecule has 0 spiro atoms. The van der Waals surface area contributed by atoms with Crippen LogP contribution in [-0.2, 0) is 0 Å². The number of anilines is 10. The van der Waals surface area contributed by atoms with E-state index in [1.807, 2.05) is 48.5 Å². The molecular formula is C46H32N6O2. The Morgan fingerprint density at radius 3 is 1.24 bits per heavy atom. The van der Waals surface area contributed by atoms with Gasteiger partial charge in [-0.15, -0.1) is 0 Å². The summed E-state index contributed by atoms with van der Waals surface area (Å²) in [6.07, 6.45) is 0. The van der Waals surface area contributed by atoms with Gasteiger partial charge < -0.3 is 28.4 Å². The standard InChI is InChI=1S/C46H32N6O2/c1-49-32-17-5-9-21-36(32)51(37-22-10-6-18-33(37)49)40-28-27-29(45-47-30-15-3-13-25-41(30)53-45)44(43(40)46-48-31-16-4-14-26-42(31)54-46)52-38-23-11-7-19-34(38)50(2)35-20-8-12-24-39(35)52/h3-28H,1-2H3. The zero-order chi connectivity index (χ0) is 35.9. The van der Waals surface area contributed by atoms with Crippen molar-refractivity contribution < 1.29 is 8.83 Å². The van der Waals surface area contributed by atoms with Crippen LogP contribution in [0.25, 0.3) is 45.1 Å². The van der Waals surface area contributed by atoms with Gasteiger partial charge in [0, 0.05) is 14.1 Å². The van der Waals surface area contributed by atoms with Gasteiger partial charge in [0.05, 0.1) is 68.0 Å². The Kier molecular flexibility index (Phi) is 6.51. The number of nitrogens with zero attached hydrogens (tertiary/aromatic N) is 6. The van der Waals surface area contributed by atoms with Crippen molar-refractivity contribution >= 4 is 79.1 Å². The average molecular weight is 701 g/mol. The first-order chi connectivity index (χ1) is 26.6. The minimum atomic E-state index is 0.488. The van der Waals surface area contributed by atoms with Crippen molar-refractivity contribution in [2.24, 2.45) is 0 Å². The third-order valence-electron chi connectivity index (χ3n) is 10.6. The number of oxazole rings is 2. The minimum Gasteiger partial charge on any atom is -0.436 e. The second-order valence-electron chi connectivity index (χ2n) is 13.6. The van der Waals surface area contributed by atoms with Gasteiger partial charge in [0.25, 0.3) is 0 Å². The fourth-order valence-electron chi connectivity index (χ4n) is 8.12. The Bertz CT molecular complexity index is 2770. The Morgan fingerprint density at radius 2 is 0.759 bits per heavy atom. The predicted octanol–water partition coefficient (Wildman–Crippen LogP) is 12.4. The van der Waals surface area contributed by atoms with Gasteiger partial charge in [-0.2, -0.15) is 0 Å². The lowest BCUT2D eigenvalue weighted by Crippen LogP contribution is -2.26. The van der Waals surface area contributed by atoms with Crippen LogP contribution >= 0.6 is 0 Å². The largest absolute Gasteiger partial charge is 0.436 e. The lowest BCUT2D eigenvalue weighted by molar-refractivity contribution is 0.617. The highest BCUT2D eigenvalue weighted by molar-refractivity contribution is 6.10. The summed E-state index contributed by atoms with van der Waals surface area (Å²) in [5.74, 6) is 0.991. The summed E-state index contributed by atoms with van der Waals surface area (Å²) in [5, 5.41) is 0. The predicted molar refractivity (Wildman–Crippen MR) is 218 cm³/mol. The molecule has 2 aromatic heterocycles. The fourth-order valence-corrected chi connectivity index (χ4v) is 8.12. The van der Waals surface area contributed by atoms with Crippen LogP contribution in [0.5, 0.6) is 0 Å². The van der Waals surface area contributed by atoms with Crippen molar-refractivity contribution in [2.45, 2.75) is 0 Å². The second-order valence-corrected chi connectivity index (χ2v) is 13.6. The Morgan fingerprint density at radius 1 is 0.370 bits per heavy atom. The van der Waals surface area contributed by atoms with Gasteiger partial charge in [-0.05, 0) is 84.9 Å². The van der Waals surface area contributed by atoms with E-state index >= 15 is 0 Å². The molecule has 258 valence electrons. The van der Waals surface area contributed by atoms with Crippen molar-refractivity contribution in [1.29, 1.82) is 0 Å². The Balaban J connectivity index is 1.32. The van der Waals surface area contributed by atoms with Crippen molar-refractivity contribution in [2.75, 3.05) is 33.7 Å². The Labute approximate surface area is 311 Å². The van der Waals surface area contributed by atoms with Crippen molar-refractivity contribution in [3.8, 4) is 22.9 Å². The molecule has 54 heavy (non-hydrogen) atoms. The van der Waals surface area contributed by atoms with E-state index < -0.39 is 0 Å². The summed E-state index contributed by atoms with van der Waals surface area (Å²) >= 11 is 0. The molecule has 4 heterocycles. The molecule has 9 aromatic rings. The van der Waals surface area contributed by atoms with Crippen LogP contribution in [0.4, 0.5) is 56.9 Å². The number of hydrogen-bond acceptors (Lipinski definition) is 8. The monoisotopic (exact) mass is 700 g/mol. The third-order valence-corrected chi connectivity index (χ3v) is 10.6. The van der Waals surface area contributed by atoms with Gasteiger partial charge in [0.1, 0.15) is 11.0 Å². The van der Waals surface area contributed by atoms with Crippen molar-refractivity contribution in [1.82, 2.24) is 9.97 Å². The van der Waals surface area contributed by atoms with E-state index in [1.54, 1.807) is 0 Å². The molecule has 0 atom stereocenters. The molecule has 0 saturated heterocycles. The second kappa shape index (κ2) is 11.6. The summed E-state index contributed by atoms with van der Waals surface area (Å²) in [7, 11) is 4.24. The van der Waals surface area contributed by atoms with Crippen LogP contribution in [0, 0.1) is 0 Å². The highest BCUT2D eigenvalue weighted by Crippen LogP contribution is 2.59. The zero-order valence-corrected chi connectivity index (χ0v) is 29.5. The average Bonchev–Trinajstić information content (AvgIpc) is 3.86. The maximum Gasteiger partial charge on any atom is 0.231 e. The van der Waals surface area contributed by atoms with E-state index in [-0.39, 0.29) is 0 Å². The molecule has 0 amide bonds. The molecule has 0 unspecified atom stereocenters. The van der Waals surface area contributed by atoms with Gasteiger partial charge in [-0.25, -0.2) is 9.97 Å². The first-order valence-electron chi connectivity index (χ1n) is 18.0. The van der Waals surface area contributed by atoms with E-state index in [2.05, 4.69) is 143 Å². The summed E-state index contributed by atoms with van der Waals surface area (Å²) in [6.45, 7) is 0. The highest BCUT2D eigenvalue weighted by atomic mass is 16.4. The molecule has 7 aromatic carbocycles. The first-order valence-corrected chi connectivity index (χ1v) is 18.0. The molecule has 0 fully saturated rings. The number of para-hydroxylation sites is 12. The van der Waals surface area contributed by atoms with E-state index in [4.69, 9.17) is 18.8 Å². The molecule has 0 saturated carbocycles. The van der Waals surface area contributed by atoms with Gasteiger partial charge in [0.2, 0.25) is 11.8 Å². The van der Waals surface area contributed by atoms with E-state index in [0.717, 1.165) is 79.0 Å². The molecule has 2 aliphatic rings. The molecule has 0 radical (unpaired) electrons. The van der Waals surface area contributed by atoms with Gasteiger partial charge >= 0.3 is 0 Å². The summed E-state index contributed by atoms with van der Waals surface area (Å²) in [5.41, 5.74) is 14.7. The number of rotatable bonds is 4. The molecule has 0 bridgehead atoms. The van der Waals surface area contributed by atoms with E-state index in [0.29, 0.717) is 22.9 Å². The van der Waals surface area contributed by atoms with Crippen molar-refractivity contribution in [3.63, 3.8) is 0 Å². The summed E-state index contributed by atoms with van der Waals surface area (Å²) in [4.78, 5) is 19.5. The molecule has 8 nitrogen and oxygen atoms in total. The lowest BCUT2D eigenvalue weighted by atomic mass is 9.97. The summed E-state index contributed by atoms with van der Waals surface area (Å²) in [6, 6.07) is 54.1. The minimum absolute atomic E-state index is 0.488. The van der Waals surface area contributed by atoms with E-state index in [1.165, 1.54) is 0 Å². The Hall–Kier alpha value is -7.32. The highest BCUT2D eigenvalue weighted by Gasteiger charge is 2.37. The van der Waals surface area contributed by atoms with Crippen molar-refractivity contribution in [3.05, 3.63) is 158 Å². The number of fused-ring (bicyclic) bond motifs is 6. The quantitative estimate of drug-likeness (QED) is 0.180. The van der Waals surface area contributed by atoms with Gasteiger partial charge in [-0.3, -0.25) is 0 Å².